The number of rotatable bonds is 6. The van der Waals surface area contributed by atoms with Gasteiger partial charge >= 0.3 is 5.97 Å². The van der Waals surface area contributed by atoms with E-state index in [1.54, 1.807) is 0 Å². The molecule has 5 nitrogen and oxygen atoms in total. The summed E-state index contributed by atoms with van der Waals surface area (Å²) in [7, 11) is 1.36. The maximum absolute atomic E-state index is 12.7. The van der Waals surface area contributed by atoms with Crippen LogP contribution in [-0.2, 0) is 14.3 Å². The van der Waals surface area contributed by atoms with Gasteiger partial charge in [-0.25, -0.2) is 0 Å². The lowest BCUT2D eigenvalue weighted by molar-refractivity contribution is -0.141. The topological polar surface area (TPSA) is 58.6 Å². The first-order chi connectivity index (χ1) is 10.6. The Balaban J connectivity index is 2.08. The molecule has 0 saturated carbocycles. The average Bonchev–Trinajstić information content (AvgIpc) is 3.02. The zero-order valence-corrected chi connectivity index (χ0v) is 13.2. The molecule has 2 atom stereocenters. The van der Waals surface area contributed by atoms with Gasteiger partial charge in [-0.15, -0.1) is 0 Å². The van der Waals surface area contributed by atoms with Crippen LogP contribution < -0.4 is 5.32 Å². The number of methoxy groups -OCH3 is 1. The molecule has 1 aliphatic rings. The van der Waals surface area contributed by atoms with Crippen LogP contribution in [0.2, 0.25) is 0 Å². The van der Waals surface area contributed by atoms with E-state index in [0.717, 1.165) is 31.5 Å². The number of nitrogens with zero attached hydrogens (tertiary/aromatic N) is 1. The minimum Gasteiger partial charge on any atom is -0.469 e. The highest BCUT2D eigenvalue weighted by molar-refractivity contribution is 5.84. The first-order valence-electron chi connectivity index (χ1n) is 7.78. The molecule has 5 heteroatoms. The Bertz CT molecular complexity index is 498. The van der Waals surface area contributed by atoms with Crippen molar-refractivity contribution in [1.29, 1.82) is 0 Å². The van der Waals surface area contributed by atoms with Crippen LogP contribution in [0, 0.1) is 0 Å². The van der Waals surface area contributed by atoms with Crippen molar-refractivity contribution in [3.8, 4) is 0 Å². The van der Waals surface area contributed by atoms with Gasteiger partial charge < -0.3 is 10.1 Å². The summed E-state index contributed by atoms with van der Waals surface area (Å²) >= 11 is 0. The molecule has 2 rings (SSSR count). The first-order valence-corrected chi connectivity index (χ1v) is 7.78. The number of benzene rings is 1. The molecule has 1 aromatic carbocycles. The fourth-order valence-corrected chi connectivity index (χ4v) is 2.87. The lowest BCUT2D eigenvalue weighted by Crippen LogP contribution is -2.43. The number of esters is 1. The van der Waals surface area contributed by atoms with Crippen molar-refractivity contribution in [2.24, 2.45) is 0 Å². The number of amides is 1. The van der Waals surface area contributed by atoms with Crippen molar-refractivity contribution in [2.45, 2.75) is 38.3 Å². The van der Waals surface area contributed by atoms with Crippen LogP contribution in [0.15, 0.2) is 30.3 Å². The molecule has 0 bridgehead atoms. The van der Waals surface area contributed by atoms with Crippen molar-refractivity contribution in [3.63, 3.8) is 0 Å². The van der Waals surface area contributed by atoms with Crippen molar-refractivity contribution in [3.05, 3.63) is 35.9 Å². The summed E-state index contributed by atoms with van der Waals surface area (Å²) in [5, 5.41) is 2.94. The van der Waals surface area contributed by atoms with Gasteiger partial charge in [0.1, 0.15) is 6.04 Å². The lowest BCUT2D eigenvalue weighted by atomic mass is 10.0. The lowest BCUT2D eigenvalue weighted by Gasteiger charge is -2.28. The Kier molecular flexibility index (Phi) is 5.95. The number of ether oxygens (including phenoxy) is 1. The molecule has 0 radical (unpaired) electrons. The monoisotopic (exact) mass is 304 g/mol. The van der Waals surface area contributed by atoms with Gasteiger partial charge in [0.05, 0.1) is 13.5 Å². The SMILES string of the molecule is COC(=O)C[C@@H](C)NC(=O)[C@H](c1ccccc1)N1CCCC1. The predicted molar refractivity (Wildman–Crippen MR) is 84.2 cm³/mol. The van der Waals surface area contributed by atoms with E-state index in [9.17, 15) is 9.59 Å². The van der Waals surface area contributed by atoms with Crippen LogP contribution in [0.4, 0.5) is 0 Å². The van der Waals surface area contributed by atoms with Gasteiger partial charge in [0.2, 0.25) is 5.91 Å². The highest BCUT2D eigenvalue weighted by Gasteiger charge is 2.30. The van der Waals surface area contributed by atoms with E-state index < -0.39 is 0 Å². The molecule has 0 aromatic heterocycles. The van der Waals surface area contributed by atoms with Crippen LogP contribution in [0.25, 0.3) is 0 Å². The van der Waals surface area contributed by atoms with Crippen molar-refractivity contribution in [2.75, 3.05) is 20.2 Å². The average molecular weight is 304 g/mol. The minimum atomic E-state index is -0.315. The summed E-state index contributed by atoms with van der Waals surface area (Å²) in [4.78, 5) is 26.2. The van der Waals surface area contributed by atoms with Crippen molar-refractivity contribution >= 4 is 11.9 Å². The van der Waals surface area contributed by atoms with Crippen LogP contribution in [-0.4, -0.2) is 43.0 Å². The molecule has 1 aromatic rings. The van der Waals surface area contributed by atoms with E-state index in [1.807, 2.05) is 37.3 Å². The second kappa shape index (κ2) is 7.94. The van der Waals surface area contributed by atoms with Crippen molar-refractivity contribution in [1.82, 2.24) is 10.2 Å². The van der Waals surface area contributed by atoms with E-state index in [2.05, 4.69) is 15.0 Å². The zero-order chi connectivity index (χ0) is 15.9. The van der Waals surface area contributed by atoms with Gasteiger partial charge in [-0.1, -0.05) is 30.3 Å². The molecule has 0 unspecified atom stereocenters. The van der Waals surface area contributed by atoms with E-state index >= 15 is 0 Å². The van der Waals surface area contributed by atoms with Gasteiger partial charge in [-0.3, -0.25) is 14.5 Å². The van der Waals surface area contributed by atoms with Crippen LogP contribution in [0.5, 0.6) is 0 Å². The third-order valence-corrected chi connectivity index (χ3v) is 3.96. The van der Waals surface area contributed by atoms with E-state index in [-0.39, 0.29) is 30.4 Å². The second-order valence-electron chi connectivity index (χ2n) is 5.75. The third-order valence-electron chi connectivity index (χ3n) is 3.96. The molecule has 1 fully saturated rings. The minimum absolute atomic E-state index is 0.0514. The molecule has 1 amide bonds. The highest BCUT2D eigenvalue weighted by atomic mass is 16.5. The first kappa shape index (κ1) is 16.5. The molecule has 0 spiro atoms. The summed E-state index contributed by atoms with van der Waals surface area (Å²) in [5.74, 6) is -0.366. The molecule has 1 N–H and O–H groups in total. The normalized spacial score (nSPS) is 17.7. The van der Waals surface area contributed by atoms with Gasteiger partial charge in [-0.05, 0) is 38.4 Å². The largest absolute Gasteiger partial charge is 0.469 e. The Labute approximate surface area is 131 Å². The van der Waals surface area contributed by atoms with E-state index in [4.69, 9.17) is 0 Å². The predicted octanol–water partition coefficient (Wildman–Crippen LogP) is 1.89. The fraction of sp³-hybridized carbons (Fsp3) is 0.529. The molecule has 1 saturated heterocycles. The summed E-state index contributed by atoms with van der Waals surface area (Å²) in [5.41, 5.74) is 0.993. The Morgan fingerprint density at radius 3 is 2.45 bits per heavy atom. The molecule has 0 aliphatic carbocycles. The summed E-state index contributed by atoms with van der Waals surface area (Å²) < 4.78 is 4.65. The maximum atomic E-state index is 12.7. The molecule has 120 valence electrons. The Morgan fingerprint density at radius 1 is 1.23 bits per heavy atom. The number of nitrogens with one attached hydrogen (secondary N) is 1. The van der Waals surface area contributed by atoms with Gasteiger partial charge in [0.15, 0.2) is 0 Å². The maximum Gasteiger partial charge on any atom is 0.307 e. The Morgan fingerprint density at radius 2 is 1.86 bits per heavy atom. The fourth-order valence-electron chi connectivity index (χ4n) is 2.87. The highest BCUT2D eigenvalue weighted by Crippen LogP contribution is 2.25. The number of hydrogen-bond donors (Lipinski definition) is 1. The number of likely N-dealkylation sites (tertiary alicyclic amines) is 1. The van der Waals surface area contributed by atoms with Crippen LogP contribution >= 0.6 is 0 Å². The van der Waals surface area contributed by atoms with E-state index in [0.29, 0.717) is 0 Å². The molecule has 22 heavy (non-hydrogen) atoms. The summed E-state index contributed by atoms with van der Waals surface area (Å²) in [6.07, 6.45) is 2.42. The summed E-state index contributed by atoms with van der Waals surface area (Å²) in [6, 6.07) is 9.27. The Hall–Kier alpha value is -1.88. The van der Waals surface area contributed by atoms with Gasteiger partial charge in [-0.2, -0.15) is 0 Å². The smallest absolute Gasteiger partial charge is 0.307 e. The molecule has 1 heterocycles. The standard InChI is InChI=1S/C17H24N2O3/c1-13(12-15(20)22-2)18-17(21)16(19-10-6-7-11-19)14-8-4-3-5-9-14/h3-5,8-9,13,16H,6-7,10-12H2,1-2H3,(H,18,21)/t13-,16+/m1/s1. The second-order valence-corrected chi connectivity index (χ2v) is 5.75. The quantitative estimate of drug-likeness (QED) is 0.815. The number of carbonyl (C=O) groups is 2. The van der Waals surface area contributed by atoms with Crippen LogP contribution in [0.3, 0.4) is 0 Å². The van der Waals surface area contributed by atoms with Crippen LogP contribution in [0.1, 0.15) is 37.8 Å². The third kappa shape index (κ3) is 4.31. The summed E-state index contributed by atoms with van der Waals surface area (Å²) in [6.45, 7) is 3.68. The van der Waals surface area contributed by atoms with Gasteiger partial charge in [0, 0.05) is 6.04 Å². The molecule has 1 aliphatic heterocycles. The van der Waals surface area contributed by atoms with Crippen molar-refractivity contribution < 1.29 is 14.3 Å². The number of hydrogen-bond acceptors (Lipinski definition) is 4. The zero-order valence-electron chi connectivity index (χ0n) is 13.2. The van der Waals surface area contributed by atoms with E-state index in [1.165, 1.54) is 7.11 Å². The molecular weight excluding hydrogens is 280 g/mol. The number of carbonyl (C=O) groups excluding carboxylic acids is 2. The molecular formula is C17H24N2O3. The van der Waals surface area contributed by atoms with Gasteiger partial charge in [0.25, 0.3) is 0 Å².